The van der Waals surface area contributed by atoms with Crippen molar-refractivity contribution in [3.05, 3.63) is 70.8 Å². The maximum Gasteiger partial charge on any atom is 0.173 e. The Morgan fingerprint density at radius 2 is 1.15 bits per heavy atom. The minimum atomic E-state index is 0.727. The Morgan fingerprint density at radius 1 is 0.700 bits per heavy atom. The lowest BCUT2D eigenvalue weighted by Crippen LogP contribution is -2.34. The largest absolute Gasteiger partial charge is 0.257 e. The lowest BCUT2D eigenvalue weighted by molar-refractivity contribution is 0.883. The molecule has 0 aliphatic carbocycles. The molecule has 3 rings (SSSR count). The van der Waals surface area contributed by atoms with Gasteiger partial charge in [-0.05, 0) is 26.0 Å². The van der Waals surface area contributed by atoms with E-state index < -0.39 is 0 Å². The normalized spacial score (nSPS) is 13.9. The van der Waals surface area contributed by atoms with Crippen LogP contribution in [-0.4, -0.2) is 11.7 Å². The van der Waals surface area contributed by atoms with Crippen LogP contribution < -0.4 is 10.9 Å². The molecule has 20 heavy (non-hydrogen) atoms. The second-order valence-corrected chi connectivity index (χ2v) is 4.88. The summed E-state index contributed by atoms with van der Waals surface area (Å²) in [7, 11) is 0. The van der Waals surface area contributed by atoms with Crippen LogP contribution in [0, 0.1) is 13.8 Å². The van der Waals surface area contributed by atoms with Crippen LogP contribution in [0.2, 0.25) is 0 Å². The maximum absolute atomic E-state index is 4.35. The fourth-order valence-corrected chi connectivity index (χ4v) is 2.11. The number of hydrazone groups is 2. The van der Waals surface area contributed by atoms with Gasteiger partial charge in [-0.1, -0.05) is 47.5 Å². The van der Waals surface area contributed by atoms with Crippen LogP contribution in [0.5, 0.6) is 0 Å². The predicted octanol–water partition coefficient (Wildman–Crippen LogP) is 2.52. The zero-order chi connectivity index (χ0) is 13.9. The molecule has 1 heterocycles. The van der Waals surface area contributed by atoms with Gasteiger partial charge in [-0.25, -0.2) is 0 Å². The van der Waals surface area contributed by atoms with Crippen molar-refractivity contribution in [2.75, 3.05) is 0 Å². The highest BCUT2D eigenvalue weighted by atomic mass is 15.5. The van der Waals surface area contributed by atoms with Crippen molar-refractivity contribution in [1.29, 1.82) is 0 Å². The second kappa shape index (κ2) is 5.17. The van der Waals surface area contributed by atoms with Crippen LogP contribution in [0.3, 0.4) is 0 Å². The molecule has 100 valence electrons. The van der Waals surface area contributed by atoms with Crippen LogP contribution in [0.4, 0.5) is 0 Å². The number of hydrogen-bond acceptors (Lipinski definition) is 4. The van der Waals surface area contributed by atoms with Gasteiger partial charge in [-0.2, -0.15) is 10.2 Å². The molecule has 0 spiro atoms. The first-order valence-corrected chi connectivity index (χ1v) is 6.54. The Labute approximate surface area is 118 Å². The molecule has 0 bridgehead atoms. The van der Waals surface area contributed by atoms with E-state index in [-0.39, 0.29) is 0 Å². The third-order valence-corrected chi connectivity index (χ3v) is 3.13. The number of benzene rings is 2. The summed E-state index contributed by atoms with van der Waals surface area (Å²) in [5.74, 6) is 1.45. The van der Waals surface area contributed by atoms with E-state index in [4.69, 9.17) is 0 Å². The molecule has 2 N–H and O–H groups in total. The van der Waals surface area contributed by atoms with Gasteiger partial charge in [0.2, 0.25) is 0 Å². The molecule has 4 nitrogen and oxygen atoms in total. The lowest BCUT2D eigenvalue weighted by Gasteiger charge is -2.15. The van der Waals surface area contributed by atoms with E-state index in [9.17, 15) is 0 Å². The smallest absolute Gasteiger partial charge is 0.173 e. The summed E-state index contributed by atoms with van der Waals surface area (Å²) < 4.78 is 0. The van der Waals surface area contributed by atoms with Gasteiger partial charge in [0.05, 0.1) is 0 Å². The molecule has 1 aliphatic heterocycles. The molecule has 4 heteroatoms. The first-order valence-electron chi connectivity index (χ1n) is 6.54. The topological polar surface area (TPSA) is 48.8 Å². The van der Waals surface area contributed by atoms with Gasteiger partial charge in [-0.15, -0.1) is 0 Å². The van der Waals surface area contributed by atoms with E-state index in [1.807, 2.05) is 24.3 Å². The Morgan fingerprint density at radius 3 is 1.50 bits per heavy atom. The molecule has 0 atom stereocenters. The molecule has 0 fully saturated rings. The molecule has 1 aliphatic rings. The fraction of sp³-hybridized carbons (Fsp3) is 0.125. The van der Waals surface area contributed by atoms with Crippen LogP contribution in [0.15, 0.2) is 58.7 Å². The Kier molecular flexibility index (Phi) is 3.21. The average Bonchev–Trinajstić information content (AvgIpc) is 2.47. The third-order valence-electron chi connectivity index (χ3n) is 3.13. The maximum atomic E-state index is 4.35. The minimum absolute atomic E-state index is 0.727. The van der Waals surface area contributed by atoms with Crippen molar-refractivity contribution in [3.63, 3.8) is 0 Å². The number of nitrogens with zero attached hydrogens (tertiary/aromatic N) is 2. The van der Waals surface area contributed by atoms with Gasteiger partial charge in [-0.3, -0.25) is 10.9 Å². The highest BCUT2D eigenvalue weighted by Gasteiger charge is 2.11. The van der Waals surface area contributed by atoms with Gasteiger partial charge in [0.15, 0.2) is 11.7 Å². The molecule has 0 saturated heterocycles. The molecular weight excluding hydrogens is 248 g/mol. The summed E-state index contributed by atoms with van der Waals surface area (Å²) in [5, 5.41) is 8.71. The van der Waals surface area contributed by atoms with E-state index in [1.165, 1.54) is 11.1 Å². The molecule has 0 amide bonds. The number of aryl methyl sites for hydroxylation is 2. The number of amidine groups is 2. The number of rotatable bonds is 2. The molecular formula is C16H16N4. The van der Waals surface area contributed by atoms with Crippen molar-refractivity contribution in [2.45, 2.75) is 13.8 Å². The molecule has 2 aromatic carbocycles. The molecule has 0 radical (unpaired) electrons. The first-order chi connectivity index (χ1) is 9.72. The van der Waals surface area contributed by atoms with E-state index in [2.05, 4.69) is 59.2 Å². The van der Waals surface area contributed by atoms with Gasteiger partial charge in [0.25, 0.3) is 0 Å². The highest BCUT2D eigenvalue weighted by Crippen LogP contribution is 2.08. The fourth-order valence-electron chi connectivity index (χ4n) is 2.11. The number of hydrogen-bond donors (Lipinski definition) is 2. The van der Waals surface area contributed by atoms with Crippen molar-refractivity contribution < 1.29 is 0 Å². The quantitative estimate of drug-likeness (QED) is 0.875. The van der Waals surface area contributed by atoms with Crippen molar-refractivity contribution in [2.24, 2.45) is 10.2 Å². The van der Waals surface area contributed by atoms with E-state index in [0.717, 1.165) is 22.8 Å². The molecule has 0 aromatic heterocycles. The van der Waals surface area contributed by atoms with Crippen molar-refractivity contribution in [3.8, 4) is 0 Å². The summed E-state index contributed by atoms with van der Waals surface area (Å²) in [6.45, 7) is 4.11. The van der Waals surface area contributed by atoms with Crippen molar-refractivity contribution >= 4 is 11.7 Å². The zero-order valence-electron chi connectivity index (χ0n) is 11.5. The zero-order valence-corrected chi connectivity index (χ0v) is 11.5. The summed E-state index contributed by atoms with van der Waals surface area (Å²) in [5.41, 5.74) is 10.4. The molecule has 2 aromatic rings. The van der Waals surface area contributed by atoms with Crippen molar-refractivity contribution in [1.82, 2.24) is 10.9 Å². The monoisotopic (exact) mass is 264 g/mol. The van der Waals surface area contributed by atoms with Crippen LogP contribution >= 0.6 is 0 Å². The van der Waals surface area contributed by atoms with E-state index in [0.29, 0.717) is 0 Å². The minimum Gasteiger partial charge on any atom is -0.257 e. The summed E-state index contributed by atoms with van der Waals surface area (Å²) in [6.07, 6.45) is 0. The van der Waals surface area contributed by atoms with Gasteiger partial charge in [0.1, 0.15) is 0 Å². The molecule has 0 unspecified atom stereocenters. The summed E-state index contributed by atoms with van der Waals surface area (Å²) in [4.78, 5) is 0. The third kappa shape index (κ3) is 2.54. The summed E-state index contributed by atoms with van der Waals surface area (Å²) in [6, 6.07) is 16.3. The SMILES string of the molecule is Cc1cccc(C2=NNC(c3cccc(C)c3)=NN2)c1. The Balaban J connectivity index is 1.81. The molecule has 0 saturated carbocycles. The van der Waals surface area contributed by atoms with Crippen LogP contribution in [0.1, 0.15) is 22.3 Å². The van der Waals surface area contributed by atoms with Gasteiger partial charge in [0, 0.05) is 11.1 Å². The van der Waals surface area contributed by atoms with Gasteiger partial charge >= 0.3 is 0 Å². The Hall–Kier alpha value is -2.62. The standard InChI is InChI=1S/C16H16N4/c1-11-5-3-7-13(9-11)15-17-19-16(20-18-15)14-8-4-6-12(2)10-14/h3-10H,1-2H3,(H,17,18)(H,19,20). The van der Waals surface area contributed by atoms with Crippen LogP contribution in [0.25, 0.3) is 0 Å². The Bertz CT molecular complexity index is 640. The second-order valence-electron chi connectivity index (χ2n) is 4.88. The highest BCUT2D eigenvalue weighted by molar-refractivity contribution is 6.06. The van der Waals surface area contributed by atoms with E-state index >= 15 is 0 Å². The van der Waals surface area contributed by atoms with Gasteiger partial charge < -0.3 is 0 Å². The lowest BCUT2D eigenvalue weighted by atomic mass is 10.1. The summed E-state index contributed by atoms with van der Waals surface area (Å²) >= 11 is 0. The number of nitrogens with one attached hydrogen (secondary N) is 2. The average molecular weight is 264 g/mol. The van der Waals surface area contributed by atoms with E-state index in [1.54, 1.807) is 0 Å². The first kappa shape index (κ1) is 12.4. The van der Waals surface area contributed by atoms with Crippen LogP contribution in [-0.2, 0) is 0 Å². The predicted molar refractivity (Wildman–Crippen MR) is 81.7 cm³/mol.